The van der Waals surface area contributed by atoms with Gasteiger partial charge in [0.25, 0.3) is 5.56 Å². The van der Waals surface area contributed by atoms with E-state index in [9.17, 15) is 9.59 Å². The smallest absolute Gasteiger partial charge is 0.410 e. The molecule has 1 amide bonds. The van der Waals surface area contributed by atoms with Gasteiger partial charge in [-0.3, -0.25) is 9.36 Å². The monoisotopic (exact) mass is 541 g/mol. The first-order valence-electron chi connectivity index (χ1n) is 12.8. The van der Waals surface area contributed by atoms with Crippen LogP contribution in [0, 0.1) is 18.3 Å². The van der Waals surface area contributed by atoms with Crippen molar-refractivity contribution in [3.05, 3.63) is 74.8 Å². The molecule has 4 heterocycles. The number of ether oxygens (including phenoxy) is 1. The lowest BCUT2D eigenvalue weighted by Crippen LogP contribution is -2.45. The minimum Gasteiger partial charge on any atom is -0.447 e. The highest BCUT2D eigenvalue weighted by atomic mass is 32.1. The molecule has 0 aliphatic carbocycles. The van der Waals surface area contributed by atoms with E-state index in [0.29, 0.717) is 48.5 Å². The van der Waals surface area contributed by atoms with Gasteiger partial charge in [0.15, 0.2) is 0 Å². The average molecular weight is 542 g/mol. The molecule has 2 aliphatic rings. The van der Waals surface area contributed by atoms with E-state index in [-0.39, 0.29) is 23.7 Å². The van der Waals surface area contributed by atoms with Crippen LogP contribution >= 0.6 is 11.3 Å². The van der Waals surface area contributed by atoms with Gasteiger partial charge in [-0.05, 0) is 49.6 Å². The Morgan fingerprint density at radius 3 is 2.82 bits per heavy atom. The van der Waals surface area contributed by atoms with Crippen LogP contribution in [0.2, 0.25) is 0 Å². The number of amides is 1. The number of fused-ring (bicyclic) bond motifs is 2. The first-order valence-corrected chi connectivity index (χ1v) is 13.6. The number of aromatic nitrogens is 3. The fourth-order valence-corrected chi connectivity index (χ4v) is 6.13. The van der Waals surface area contributed by atoms with Crippen molar-refractivity contribution in [1.82, 2.24) is 19.4 Å². The van der Waals surface area contributed by atoms with Crippen LogP contribution < -0.4 is 16.6 Å². The summed E-state index contributed by atoms with van der Waals surface area (Å²) in [6.45, 7) is 3.60. The van der Waals surface area contributed by atoms with Gasteiger partial charge in [0, 0.05) is 41.5 Å². The highest BCUT2D eigenvalue weighted by Gasteiger charge is 2.38. The number of rotatable bonds is 6. The summed E-state index contributed by atoms with van der Waals surface area (Å²) >= 11 is 1.52. The molecule has 2 aromatic carbocycles. The molecule has 10 nitrogen and oxygen atoms in total. The zero-order valence-electron chi connectivity index (χ0n) is 21.4. The number of nitrogens with two attached hydrogens (primary N) is 1. The van der Waals surface area contributed by atoms with Crippen molar-refractivity contribution in [3.63, 3.8) is 0 Å². The van der Waals surface area contributed by atoms with E-state index < -0.39 is 0 Å². The van der Waals surface area contributed by atoms with Crippen LogP contribution in [0.1, 0.15) is 34.7 Å². The van der Waals surface area contributed by atoms with Crippen molar-refractivity contribution >= 4 is 34.0 Å². The third kappa shape index (κ3) is 4.73. The molecule has 2 fully saturated rings. The Hall–Kier alpha value is -4.27. The molecule has 11 heteroatoms. The van der Waals surface area contributed by atoms with Crippen LogP contribution in [0.3, 0.4) is 0 Å². The molecule has 2 aromatic heterocycles. The largest absolute Gasteiger partial charge is 0.447 e. The molecule has 2 atom stereocenters. The van der Waals surface area contributed by atoms with Gasteiger partial charge < -0.3 is 20.7 Å². The molecule has 0 spiro atoms. The maximum Gasteiger partial charge on any atom is 0.410 e. The van der Waals surface area contributed by atoms with Gasteiger partial charge in [-0.2, -0.15) is 5.26 Å². The van der Waals surface area contributed by atoms with Gasteiger partial charge in [-0.1, -0.05) is 12.1 Å². The number of nitriles is 1. The number of piperidine rings is 1. The molecule has 3 N–H and O–H groups in total. The lowest BCUT2D eigenvalue weighted by Gasteiger charge is -2.33. The molecule has 4 aromatic rings. The van der Waals surface area contributed by atoms with E-state index in [1.165, 1.54) is 11.3 Å². The van der Waals surface area contributed by atoms with Crippen LogP contribution in [0.15, 0.2) is 47.4 Å². The SMILES string of the molecule is Cc1nc2cc(-c3ncc(CN)s3)c(N[C@H]3CCN4C(=O)OC[C@@H]4C3)cc2c(=O)n1Cc1ccc(C#N)cc1. The molecule has 39 heavy (non-hydrogen) atoms. The zero-order valence-corrected chi connectivity index (χ0v) is 22.2. The maximum absolute atomic E-state index is 13.8. The van der Waals surface area contributed by atoms with Crippen LogP contribution in [0.5, 0.6) is 0 Å². The molecule has 2 aliphatic heterocycles. The molecule has 0 unspecified atom stereocenters. The van der Waals surface area contributed by atoms with E-state index in [4.69, 9.17) is 20.7 Å². The number of thiazole rings is 1. The second-order valence-corrected chi connectivity index (χ2v) is 11.0. The Morgan fingerprint density at radius 1 is 1.26 bits per heavy atom. The first kappa shape index (κ1) is 25.0. The molecule has 198 valence electrons. The Morgan fingerprint density at radius 2 is 2.08 bits per heavy atom. The van der Waals surface area contributed by atoms with Crippen molar-refractivity contribution in [2.75, 3.05) is 18.5 Å². The van der Waals surface area contributed by atoms with Gasteiger partial charge in [0.1, 0.15) is 17.4 Å². The summed E-state index contributed by atoms with van der Waals surface area (Å²) in [5, 5.41) is 14.1. The molecule has 6 rings (SSSR count). The van der Waals surface area contributed by atoms with E-state index in [0.717, 1.165) is 39.5 Å². The number of anilines is 1. The van der Waals surface area contributed by atoms with E-state index in [1.807, 2.05) is 31.2 Å². The number of carbonyl (C=O) groups excluding carboxylic acids is 1. The van der Waals surface area contributed by atoms with Crippen molar-refractivity contribution in [2.45, 2.75) is 44.9 Å². The highest BCUT2D eigenvalue weighted by Crippen LogP contribution is 2.36. The fourth-order valence-electron chi connectivity index (χ4n) is 5.31. The number of hydrogen-bond donors (Lipinski definition) is 2. The second-order valence-electron chi connectivity index (χ2n) is 9.90. The van der Waals surface area contributed by atoms with Gasteiger partial charge in [0.2, 0.25) is 0 Å². The Labute approximate surface area is 228 Å². The molecular formula is C28H27N7O3S. The van der Waals surface area contributed by atoms with Gasteiger partial charge in [-0.15, -0.1) is 11.3 Å². The summed E-state index contributed by atoms with van der Waals surface area (Å²) in [7, 11) is 0. The third-order valence-corrected chi connectivity index (χ3v) is 8.46. The quantitative estimate of drug-likeness (QED) is 0.377. The van der Waals surface area contributed by atoms with Gasteiger partial charge in [-0.25, -0.2) is 14.8 Å². The summed E-state index contributed by atoms with van der Waals surface area (Å²) < 4.78 is 6.89. The number of aryl methyl sites for hydroxylation is 1. The number of nitrogens with zero attached hydrogens (tertiary/aromatic N) is 5. The minimum atomic E-state index is -0.244. The number of carbonyl (C=O) groups is 1. The Kier molecular flexibility index (Phi) is 6.50. The summed E-state index contributed by atoms with van der Waals surface area (Å²) in [4.78, 5) is 37.9. The summed E-state index contributed by atoms with van der Waals surface area (Å²) in [6.07, 6.45) is 3.06. The van der Waals surface area contributed by atoms with Crippen LogP contribution in [0.4, 0.5) is 10.5 Å². The first-order chi connectivity index (χ1) is 18.9. The molecule has 0 radical (unpaired) electrons. The van der Waals surface area contributed by atoms with E-state index in [2.05, 4.69) is 16.4 Å². The Balaban J connectivity index is 1.40. The molecule has 0 saturated carbocycles. The lowest BCUT2D eigenvalue weighted by atomic mass is 9.97. The number of benzene rings is 2. The summed E-state index contributed by atoms with van der Waals surface area (Å²) in [6, 6.07) is 13.3. The van der Waals surface area contributed by atoms with Crippen LogP contribution in [-0.4, -0.2) is 50.8 Å². The van der Waals surface area contributed by atoms with Crippen molar-refractivity contribution in [3.8, 4) is 16.6 Å². The average Bonchev–Trinajstić information content (AvgIpc) is 3.58. The summed E-state index contributed by atoms with van der Waals surface area (Å²) in [5.41, 5.74) is 9.47. The number of cyclic esters (lactones) is 1. The molecule has 0 bridgehead atoms. The normalized spacial score (nSPS) is 18.6. The van der Waals surface area contributed by atoms with E-state index >= 15 is 0 Å². The predicted octanol–water partition coefficient (Wildman–Crippen LogP) is 3.60. The minimum absolute atomic E-state index is 0.0466. The maximum atomic E-state index is 13.8. The van der Waals surface area contributed by atoms with Crippen molar-refractivity contribution in [2.24, 2.45) is 5.73 Å². The third-order valence-electron chi connectivity index (χ3n) is 7.40. The fraction of sp³-hybridized carbons (Fsp3) is 0.321. The Bertz CT molecular complexity index is 1670. The molecular weight excluding hydrogens is 514 g/mol. The van der Waals surface area contributed by atoms with Crippen LogP contribution in [-0.2, 0) is 17.8 Å². The zero-order chi connectivity index (χ0) is 27.1. The standard InChI is InChI=1S/C28H27N7O3S/c1-16-32-25-9-22(26-31-13-21(12-30)39-26)24(33-19-6-7-34-20(8-19)15-38-28(34)37)10-23(25)27(36)35(16)14-18-4-2-17(11-29)3-5-18/h2-5,9-10,13,19-20,33H,6-8,12,14-15,30H2,1H3/t19-,20-/m0/s1. The van der Waals surface area contributed by atoms with Crippen molar-refractivity contribution < 1.29 is 9.53 Å². The predicted molar refractivity (Wildman–Crippen MR) is 148 cm³/mol. The lowest BCUT2D eigenvalue weighted by molar-refractivity contribution is 0.153. The van der Waals surface area contributed by atoms with Gasteiger partial charge in [0.05, 0.1) is 35.1 Å². The second kappa shape index (κ2) is 10.1. The number of nitrogens with one attached hydrogen (secondary N) is 1. The van der Waals surface area contributed by atoms with Crippen molar-refractivity contribution in [1.29, 1.82) is 5.26 Å². The molecule has 2 saturated heterocycles. The summed E-state index contributed by atoms with van der Waals surface area (Å²) in [5.74, 6) is 0.601. The highest BCUT2D eigenvalue weighted by molar-refractivity contribution is 7.15. The topological polar surface area (TPSA) is 139 Å². The van der Waals surface area contributed by atoms with Crippen LogP contribution in [0.25, 0.3) is 21.5 Å². The number of hydrogen-bond acceptors (Lipinski definition) is 9. The van der Waals surface area contributed by atoms with E-state index in [1.54, 1.807) is 27.8 Å². The van der Waals surface area contributed by atoms with Gasteiger partial charge >= 0.3 is 6.09 Å².